The molecule has 0 saturated carbocycles. The van der Waals surface area contributed by atoms with Crippen LogP contribution in [0.15, 0.2) is 18.3 Å². The summed E-state index contributed by atoms with van der Waals surface area (Å²) in [5.41, 5.74) is 1.33. The fraction of sp³-hybridized carbons (Fsp3) is 0.615. The summed E-state index contributed by atoms with van der Waals surface area (Å²) < 4.78 is 0. The molecule has 0 amide bonds. The topological polar surface area (TPSA) is 37.0 Å². The molecule has 16 heavy (non-hydrogen) atoms. The third-order valence-corrected chi connectivity index (χ3v) is 3.10. The van der Waals surface area contributed by atoms with Crippen LogP contribution in [0.5, 0.6) is 0 Å². The third kappa shape index (κ3) is 2.73. The van der Waals surface area contributed by atoms with Gasteiger partial charge in [0, 0.05) is 24.3 Å². The number of unbranched alkanes of at least 4 members (excludes halogenated alkanes) is 1. The van der Waals surface area contributed by atoms with Gasteiger partial charge in [-0.1, -0.05) is 19.4 Å². The van der Waals surface area contributed by atoms with Gasteiger partial charge in [-0.05, 0) is 31.9 Å². The third-order valence-electron chi connectivity index (χ3n) is 3.10. The molecule has 1 atom stereocenters. The summed E-state index contributed by atoms with van der Waals surface area (Å²) >= 11 is 0. The van der Waals surface area contributed by atoms with Crippen molar-refractivity contribution < 1.29 is 0 Å². The maximum atomic E-state index is 4.44. The molecule has 88 valence electrons. The van der Waals surface area contributed by atoms with E-state index in [1.165, 1.54) is 31.2 Å². The molecule has 1 fully saturated rings. The minimum absolute atomic E-state index is 0.498. The fourth-order valence-corrected chi connectivity index (χ4v) is 2.18. The van der Waals surface area contributed by atoms with Crippen molar-refractivity contribution in [1.82, 2.24) is 10.3 Å². The molecule has 1 aliphatic rings. The van der Waals surface area contributed by atoms with Gasteiger partial charge in [-0.3, -0.25) is 0 Å². The van der Waals surface area contributed by atoms with Gasteiger partial charge < -0.3 is 10.6 Å². The minimum Gasteiger partial charge on any atom is -0.370 e. The minimum atomic E-state index is 0.498. The quantitative estimate of drug-likeness (QED) is 0.748. The Balaban J connectivity index is 2.04. The Morgan fingerprint density at radius 3 is 3.25 bits per heavy atom. The number of aromatic nitrogens is 1. The molecule has 0 bridgehead atoms. The molecular weight excluding hydrogens is 198 g/mol. The van der Waals surface area contributed by atoms with Gasteiger partial charge >= 0.3 is 0 Å². The van der Waals surface area contributed by atoms with Crippen LogP contribution in [0.3, 0.4) is 0 Å². The molecule has 3 nitrogen and oxygen atoms in total. The highest BCUT2D eigenvalue weighted by Crippen LogP contribution is 2.27. The Bertz CT molecular complexity index is 319. The molecule has 1 aliphatic heterocycles. The first kappa shape index (κ1) is 11.4. The second kappa shape index (κ2) is 5.85. The van der Waals surface area contributed by atoms with Crippen LogP contribution in [0.25, 0.3) is 0 Å². The van der Waals surface area contributed by atoms with E-state index in [1.807, 2.05) is 12.3 Å². The lowest BCUT2D eigenvalue weighted by atomic mass is 10.1. The zero-order valence-electron chi connectivity index (χ0n) is 10.00. The van der Waals surface area contributed by atoms with Crippen LogP contribution in [0, 0.1) is 0 Å². The van der Waals surface area contributed by atoms with Gasteiger partial charge in [0.2, 0.25) is 0 Å². The van der Waals surface area contributed by atoms with Crippen LogP contribution < -0.4 is 10.6 Å². The van der Waals surface area contributed by atoms with Gasteiger partial charge in [-0.25, -0.2) is 4.98 Å². The van der Waals surface area contributed by atoms with Crippen molar-refractivity contribution in [3.8, 4) is 0 Å². The predicted octanol–water partition coefficient (Wildman–Crippen LogP) is 2.72. The molecule has 0 unspecified atom stereocenters. The van der Waals surface area contributed by atoms with Crippen LogP contribution in [0.2, 0.25) is 0 Å². The van der Waals surface area contributed by atoms with E-state index in [0.717, 1.165) is 18.9 Å². The van der Waals surface area contributed by atoms with Crippen molar-refractivity contribution in [1.29, 1.82) is 0 Å². The van der Waals surface area contributed by atoms with E-state index in [4.69, 9.17) is 0 Å². The predicted molar refractivity (Wildman–Crippen MR) is 67.6 cm³/mol. The molecule has 2 heterocycles. The molecule has 0 aromatic carbocycles. The lowest BCUT2D eigenvalue weighted by Gasteiger charge is -2.15. The van der Waals surface area contributed by atoms with Crippen LogP contribution >= 0.6 is 0 Å². The van der Waals surface area contributed by atoms with Crippen LogP contribution in [0.4, 0.5) is 5.82 Å². The SMILES string of the molecule is CCCCNc1ncccc1[C@H]1CCCN1. The summed E-state index contributed by atoms with van der Waals surface area (Å²) in [5, 5.41) is 6.96. The number of pyridine rings is 1. The number of nitrogens with one attached hydrogen (secondary N) is 2. The van der Waals surface area contributed by atoms with Crippen molar-refractivity contribution in [2.75, 3.05) is 18.4 Å². The Kier molecular flexibility index (Phi) is 4.17. The maximum absolute atomic E-state index is 4.44. The second-order valence-corrected chi connectivity index (χ2v) is 4.37. The van der Waals surface area contributed by atoms with E-state index >= 15 is 0 Å². The number of rotatable bonds is 5. The maximum Gasteiger partial charge on any atom is 0.130 e. The average Bonchev–Trinajstić information content (AvgIpc) is 2.83. The molecule has 2 N–H and O–H groups in total. The molecule has 1 aromatic heterocycles. The Morgan fingerprint density at radius 1 is 1.56 bits per heavy atom. The molecule has 0 spiro atoms. The monoisotopic (exact) mass is 219 g/mol. The Labute approximate surface area is 97.7 Å². The fourth-order valence-electron chi connectivity index (χ4n) is 2.18. The van der Waals surface area contributed by atoms with Gasteiger partial charge in [-0.2, -0.15) is 0 Å². The van der Waals surface area contributed by atoms with Crippen molar-refractivity contribution in [2.45, 2.75) is 38.6 Å². The smallest absolute Gasteiger partial charge is 0.130 e. The van der Waals surface area contributed by atoms with Gasteiger partial charge in [-0.15, -0.1) is 0 Å². The lowest BCUT2D eigenvalue weighted by Crippen LogP contribution is -2.16. The van der Waals surface area contributed by atoms with Crippen molar-refractivity contribution in [2.24, 2.45) is 0 Å². The largest absolute Gasteiger partial charge is 0.370 e. The summed E-state index contributed by atoms with van der Waals surface area (Å²) in [6.45, 7) is 4.36. The van der Waals surface area contributed by atoms with Crippen molar-refractivity contribution in [3.05, 3.63) is 23.9 Å². The second-order valence-electron chi connectivity index (χ2n) is 4.37. The first-order valence-corrected chi connectivity index (χ1v) is 6.34. The standard InChI is InChI=1S/C13H21N3/c1-2-3-8-15-13-11(6-4-10-16-13)12-7-5-9-14-12/h4,6,10,12,14H,2-3,5,7-9H2,1H3,(H,15,16)/t12-/m1/s1. The zero-order valence-corrected chi connectivity index (χ0v) is 10.00. The lowest BCUT2D eigenvalue weighted by molar-refractivity contribution is 0.645. The Morgan fingerprint density at radius 2 is 2.50 bits per heavy atom. The normalized spacial score (nSPS) is 19.9. The van der Waals surface area contributed by atoms with Gasteiger partial charge in [0.25, 0.3) is 0 Å². The molecular formula is C13H21N3. The number of hydrogen-bond acceptors (Lipinski definition) is 3. The molecule has 1 aromatic rings. The van der Waals surface area contributed by atoms with E-state index in [-0.39, 0.29) is 0 Å². The summed E-state index contributed by atoms with van der Waals surface area (Å²) in [6, 6.07) is 4.71. The van der Waals surface area contributed by atoms with Gasteiger partial charge in [0.05, 0.1) is 0 Å². The Hall–Kier alpha value is -1.09. The highest BCUT2D eigenvalue weighted by atomic mass is 15.0. The number of anilines is 1. The molecule has 1 saturated heterocycles. The molecule has 2 rings (SSSR count). The molecule has 0 aliphatic carbocycles. The summed E-state index contributed by atoms with van der Waals surface area (Å²) in [6.07, 6.45) is 6.79. The van der Waals surface area contributed by atoms with E-state index in [9.17, 15) is 0 Å². The van der Waals surface area contributed by atoms with Crippen LogP contribution in [0.1, 0.15) is 44.2 Å². The zero-order chi connectivity index (χ0) is 11.2. The van der Waals surface area contributed by atoms with E-state index in [2.05, 4.69) is 28.6 Å². The van der Waals surface area contributed by atoms with Crippen molar-refractivity contribution >= 4 is 5.82 Å². The van der Waals surface area contributed by atoms with Crippen molar-refractivity contribution in [3.63, 3.8) is 0 Å². The van der Waals surface area contributed by atoms with E-state index < -0.39 is 0 Å². The number of hydrogen-bond donors (Lipinski definition) is 2. The van der Waals surface area contributed by atoms with E-state index in [1.54, 1.807) is 0 Å². The first-order valence-electron chi connectivity index (χ1n) is 6.34. The highest BCUT2D eigenvalue weighted by molar-refractivity contribution is 5.45. The van der Waals surface area contributed by atoms with Gasteiger partial charge in [0.15, 0.2) is 0 Å². The van der Waals surface area contributed by atoms with Crippen LogP contribution in [-0.4, -0.2) is 18.1 Å². The van der Waals surface area contributed by atoms with E-state index in [0.29, 0.717) is 6.04 Å². The van der Waals surface area contributed by atoms with Crippen LogP contribution in [-0.2, 0) is 0 Å². The number of nitrogens with zero attached hydrogens (tertiary/aromatic N) is 1. The molecule has 3 heteroatoms. The molecule has 0 radical (unpaired) electrons. The average molecular weight is 219 g/mol. The van der Waals surface area contributed by atoms with Gasteiger partial charge in [0.1, 0.15) is 5.82 Å². The summed E-state index contributed by atoms with van der Waals surface area (Å²) in [4.78, 5) is 4.44. The highest BCUT2D eigenvalue weighted by Gasteiger charge is 2.19. The first-order chi connectivity index (χ1) is 7.92. The summed E-state index contributed by atoms with van der Waals surface area (Å²) in [5.74, 6) is 1.07. The summed E-state index contributed by atoms with van der Waals surface area (Å²) in [7, 11) is 0.